The molecule has 2 aliphatic rings. The molecule has 2 heteroatoms. The average Bonchev–Trinajstić information content (AvgIpc) is 2.63. The van der Waals surface area contributed by atoms with Crippen LogP contribution in [-0.2, 0) is 0 Å². The van der Waals surface area contributed by atoms with Crippen molar-refractivity contribution in [1.82, 2.24) is 0 Å². The minimum absolute atomic E-state index is 0.203. The van der Waals surface area contributed by atoms with E-state index < -0.39 is 0 Å². The summed E-state index contributed by atoms with van der Waals surface area (Å²) in [5, 5.41) is 20.9. The summed E-state index contributed by atoms with van der Waals surface area (Å²) in [7, 11) is 0. The summed E-state index contributed by atoms with van der Waals surface area (Å²) in [4.78, 5) is 0. The molecule has 2 rings (SSSR count). The Balaban J connectivity index is 1.57. The Hall–Kier alpha value is -0.0800. The number of hydrogen-bond acceptors (Lipinski definition) is 2. The van der Waals surface area contributed by atoms with Crippen molar-refractivity contribution >= 4 is 0 Å². The van der Waals surface area contributed by atoms with Crippen LogP contribution in [0.25, 0.3) is 0 Å². The Kier molecular flexibility index (Phi) is 10.7. The minimum Gasteiger partial charge on any atom is -0.393 e. The first-order valence-electron chi connectivity index (χ1n) is 12.3. The molecule has 2 saturated carbocycles. The standard InChI is InChI=1S/C25H48O2/c1-19-13-15-23(16-14-19)25(27)18-24(21(3)26)12-7-5-4-6-10-22-11-8-9-20(2)17-22/h19-27H,4-18H2,1-3H3/t19?,20-,21?,22?,23?,24?,25-/m0/s1. The molecule has 0 bridgehead atoms. The van der Waals surface area contributed by atoms with Crippen molar-refractivity contribution in [2.75, 3.05) is 0 Å². The van der Waals surface area contributed by atoms with Gasteiger partial charge in [0.15, 0.2) is 0 Å². The van der Waals surface area contributed by atoms with Crippen LogP contribution < -0.4 is 0 Å². The molecule has 2 aliphatic carbocycles. The van der Waals surface area contributed by atoms with E-state index in [0.717, 1.165) is 30.6 Å². The number of aliphatic hydroxyl groups excluding tert-OH is 2. The predicted molar refractivity (Wildman–Crippen MR) is 116 cm³/mol. The van der Waals surface area contributed by atoms with E-state index in [1.807, 2.05) is 6.92 Å². The van der Waals surface area contributed by atoms with Crippen molar-refractivity contribution in [3.8, 4) is 0 Å². The van der Waals surface area contributed by atoms with Gasteiger partial charge in [-0.25, -0.2) is 0 Å². The first-order valence-corrected chi connectivity index (χ1v) is 12.3. The van der Waals surface area contributed by atoms with Crippen LogP contribution in [0, 0.1) is 29.6 Å². The molecular weight excluding hydrogens is 332 g/mol. The minimum atomic E-state index is -0.286. The number of hydrogen-bond donors (Lipinski definition) is 2. The van der Waals surface area contributed by atoms with Crippen LogP contribution in [0.3, 0.4) is 0 Å². The van der Waals surface area contributed by atoms with E-state index in [9.17, 15) is 10.2 Å². The van der Waals surface area contributed by atoms with Crippen LogP contribution in [0.4, 0.5) is 0 Å². The second-order valence-electron chi connectivity index (χ2n) is 10.5. The van der Waals surface area contributed by atoms with Crippen LogP contribution in [0.2, 0.25) is 0 Å². The molecule has 0 aromatic heterocycles. The molecule has 160 valence electrons. The average molecular weight is 381 g/mol. The SMILES string of the molecule is CC1CCC([C@@H](O)CC(CCCCCCC2CCC[C@H](C)C2)C(C)O)CC1. The Labute approximate surface area is 169 Å². The summed E-state index contributed by atoms with van der Waals surface area (Å²) in [6, 6.07) is 0. The Morgan fingerprint density at radius 2 is 1.52 bits per heavy atom. The van der Waals surface area contributed by atoms with Gasteiger partial charge in [0.1, 0.15) is 0 Å². The normalized spacial score (nSPS) is 32.8. The lowest BCUT2D eigenvalue weighted by Crippen LogP contribution is -2.30. The lowest BCUT2D eigenvalue weighted by atomic mass is 9.77. The van der Waals surface area contributed by atoms with Crippen molar-refractivity contribution in [1.29, 1.82) is 0 Å². The summed E-state index contributed by atoms with van der Waals surface area (Å²) < 4.78 is 0. The fourth-order valence-corrected chi connectivity index (χ4v) is 5.74. The molecule has 0 amide bonds. The van der Waals surface area contributed by atoms with E-state index in [-0.39, 0.29) is 18.1 Å². The van der Waals surface area contributed by atoms with Crippen molar-refractivity contribution in [3.63, 3.8) is 0 Å². The Bertz CT molecular complexity index is 373. The summed E-state index contributed by atoms with van der Waals surface area (Å²) in [6.45, 7) is 6.67. The highest BCUT2D eigenvalue weighted by Gasteiger charge is 2.28. The van der Waals surface area contributed by atoms with Gasteiger partial charge < -0.3 is 10.2 Å². The zero-order valence-electron chi connectivity index (χ0n) is 18.5. The molecule has 27 heavy (non-hydrogen) atoms. The predicted octanol–water partition coefficient (Wildman–Crippen LogP) is 6.73. The molecular formula is C25H48O2. The maximum absolute atomic E-state index is 10.7. The van der Waals surface area contributed by atoms with Crippen molar-refractivity contribution in [2.45, 2.75) is 129 Å². The smallest absolute Gasteiger partial charge is 0.0572 e. The van der Waals surface area contributed by atoms with Crippen LogP contribution in [-0.4, -0.2) is 22.4 Å². The largest absolute Gasteiger partial charge is 0.393 e. The molecule has 2 nitrogen and oxygen atoms in total. The van der Waals surface area contributed by atoms with Crippen LogP contribution in [0.1, 0.15) is 117 Å². The first-order chi connectivity index (χ1) is 13.0. The van der Waals surface area contributed by atoms with Gasteiger partial charge in [-0.3, -0.25) is 0 Å². The quantitative estimate of drug-likeness (QED) is 0.390. The van der Waals surface area contributed by atoms with Gasteiger partial charge >= 0.3 is 0 Å². The second kappa shape index (κ2) is 12.5. The van der Waals surface area contributed by atoms with Crippen LogP contribution >= 0.6 is 0 Å². The lowest BCUT2D eigenvalue weighted by Gasteiger charge is -2.32. The van der Waals surface area contributed by atoms with E-state index in [2.05, 4.69) is 13.8 Å². The van der Waals surface area contributed by atoms with Gasteiger partial charge in [0.05, 0.1) is 12.2 Å². The summed E-state index contributed by atoms with van der Waals surface area (Å²) in [6.07, 6.45) is 18.8. The molecule has 0 heterocycles. The van der Waals surface area contributed by atoms with Gasteiger partial charge in [0.25, 0.3) is 0 Å². The van der Waals surface area contributed by atoms with Crippen molar-refractivity contribution < 1.29 is 10.2 Å². The van der Waals surface area contributed by atoms with Gasteiger partial charge in [0.2, 0.25) is 0 Å². The zero-order valence-corrected chi connectivity index (χ0v) is 18.5. The molecule has 2 N–H and O–H groups in total. The highest BCUT2D eigenvalue weighted by Crippen LogP contribution is 2.34. The maximum atomic E-state index is 10.7. The summed E-state index contributed by atoms with van der Waals surface area (Å²) in [5.41, 5.74) is 0. The van der Waals surface area contributed by atoms with Gasteiger partial charge in [0, 0.05) is 0 Å². The Morgan fingerprint density at radius 1 is 0.815 bits per heavy atom. The molecule has 0 spiro atoms. The number of aliphatic hydroxyl groups is 2. The molecule has 2 fully saturated rings. The third-order valence-corrected chi connectivity index (χ3v) is 7.81. The molecule has 0 aliphatic heterocycles. The van der Waals surface area contributed by atoms with Crippen LogP contribution in [0.5, 0.6) is 0 Å². The van der Waals surface area contributed by atoms with E-state index in [0.29, 0.717) is 5.92 Å². The summed E-state index contributed by atoms with van der Waals surface area (Å²) in [5.74, 6) is 3.53. The molecule has 5 atom stereocenters. The maximum Gasteiger partial charge on any atom is 0.0572 e. The highest BCUT2D eigenvalue weighted by atomic mass is 16.3. The van der Waals surface area contributed by atoms with Gasteiger partial charge in [-0.15, -0.1) is 0 Å². The third-order valence-electron chi connectivity index (χ3n) is 7.81. The van der Waals surface area contributed by atoms with E-state index in [4.69, 9.17) is 0 Å². The zero-order chi connectivity index (χ0) is 19.6. The second-order valence-corrected chi connectivity index (χ2v) is 10.5. The molecule has 0 aromatic carbocycles. The lowest BCUT2D eigenvalue weighted by molar-refractivity contribution is 0.0230. The Morgan fingerprint density at radius 3 is 2.19 bits per heavy atom. The van der Waals surface area contributed by atoms with Gasteiger partial charge in [-0.1, -0.05) is 78.1 Å². The van der Waals surface area contributed by atoms with Crippen molar-refractivity contribution in [2.24, 2.45) is 29.6 Å². The van der Waals surface area contributed by atoms with Gasteiger partial charge in [-0.2, -0.15) is 0 Å². The highest BCUT2D eigenvalue weighted by molar-refractivity contribution is 4.79. The fourth-order valence-electron chi connectivity index (χ4n) is 5.74. The van der Waals surface area contributed by atoms with E-state index >= 15 is 0 Å². The number of rotatable bonds is 11. The summed E-state index contributed by atoms with van der Waals surface area (Å²) >= 11 is 0. The van der Waals surface area contributed by atoms with E-state index in [1.54, 1.807) is 0 Å². The monoisotopic (exact) mass is 380 g/mol. The van der Waals surface area contributed by atoms with E-state index in [1.165, 1.54) is 83.5 Å². The molecule has 0 aromatic rings. The fraction of sp³-hybridized carbons (Fsp3) is 1.00. The number of unbranched alkanes of at least 4 members (excludes halogenated alkanes) is 3. The first kappa shape index (κ1) is 23.2. The molecule has 0 saturated heterocycles. The molecule has 0 radical (unpaired) electrons. The third kappa shape index (κ3) is 8.86. The molecule has 3 unspecified atom stereocenters. The van der Waals surface area contributed by atoms with Crippen LogP contribution in [0.15, 0.2) is 0 Å². The topological polar surface area (TPSA) is 40.5 Å². The van der Waals surface area contributed by atoms with Crippen molar-refractivity contribution in [3.05, 3.63) is 0 Å². The van der Waals surface area contributed by atoms with Gasteiger partial charge in [-0.05, 0) is 68.6 Å².